The molecule has 1 saturated carbocycles. The number of carbonyl (C=O) groups excluding carboxylic acids is 1. The summed E-state index contributed by atoms with van der Waals surface area (Å²) in [6.45, 7) is 1.92. The van der Waals surface area contributed by atoms with Gasteiger partial charge in [-0.3, -0.25) is 0 Å². The van der Waals surface area contributed by atoms with E-state index in [0.29, 0.717) is 12.6 Å². The second-order valence-corrected chi connectivity index (χ2v) is 4.59. The molecule has 0 saturated heterocycles. The summed E-state index contributed by atoms with van der Waals surface area (Å²) in [6.07, 6.45) is 5.18. The van der Waals surface area contributed by atoms with Gasteiger partial charge in [-0.2, -0.15) is 0 Å². The van der Waals surface area contributed by atoms with Crippen molar-refractivity contribution in [1.29, 1.82) is 0 Å². The molecule has 1 aliphatic carbocycles. The van der Waals surface area contributed by atoms with Crippen LogP contribution in [0.4, 0.5) is 4.79 Å². The predicted octanol–water partition coefficient (Wildman–Crippen LogP) is 0.326. The lowest BCUT2D eigenvalue weighted by Crippen LogP contribution is -2.49. The maximum Gasteiger partial charge on any atom is 0.315 e. The molecule has 1 fully saturated rings. The summed E-state index contributed by atoms with van der Waals surface area (Å²) in [4.78, 5) is 11.5. The van der Waals surface area contributed by atoms with Gasteiger partial charge in [-0.05, 0) is 19.8 Å². The number of hydrogen-bond donors (Lipinski definition) is 4. The van der Waals surface area contributed by atoms with Crippen molar-refractivity contribution in [3.63, 3.8) is 0 Å². The maximum absolute atomic E-state index is 11.5. The van der Waals surface area contributed by atoms with Crippen LogP contribution in [-0.2, 0) is 0 Å². The normalized spacial score (nSPS) is 21.2. The van der Waals surface area contributed by atoms with E-state index in [1.54, 1.807) is 6.92 Å². The molecular formula is C11H23N3O2. The minimum absolute atomic E-state index is 0.178. The van der Waals surface area contributed by atoms with Crippen molar-refractivity contribution in [3.05, 3.63) is 0 Å². The standard InChI is InChI=1S/C11H23N3O2/c1-8(15)10(12)7-13-11(16)14-9-5-3-2-4-6-9/h8-10,15H,2-7,12H2,1H3,(H2,13,14,16). The average molecular weight is 229 g/mol. The van der Waals surface area contributed by atoms with Gasteiger partial charge < -0.3 is 21.5 Å². The van der Waals surface area contributed by atoms with Gasteiger partial charge in [0.15, 0.2) is 0 Å². The van der Waals surface area contributed by atoms with Gasteiger partial charge in [0.05, 0.1) is 6.10 Å². The zero-order chi connectivity index (χ0) is 12.0. The lowest BCUT2D eigenvalue weighted by Gasteiger charge is -2.23. The molecule has 0 heterocycles. The minimum Gasteiger partial charge on any atom is -0.392 e. The number of nitrogens with two attached hydrogens (primary N) is 1. The molecule has 0 aromatic rings. The highest BCUT2D eigenvalue weighted by Crippen LogP contribution is 2.16. The maximum atomic E-state index is 11.5. The first-order chi connectivity index (χ1) is 7.59. The first-order valence-corrected chi connectivity index (χ1v) is 6.07. The molecule has 0 aromatic carbocycles. The van der Waals surface area contributed by atoms with E-state index in [4.69, 9.17) is 10.8 Å². The lowest BCUT2D eigenvalue weighted by molar-refractivity contribution is 0.162. The van der Waals surface area contributed by atoms with E-state index >= 15 is 0 Å². The molecule has 5 heteroatoms. The van der Waals surface area contributed by atoms with Crippen LogP contribution in [-0.4, -0.2) is 35.9 Å². The number of hydrogen-bond acceptors (Lipinski definition) is 3. The average Bonchev–Trinajstić information content (AvgIpc) is 2.27. The van der Waals surface area contributed by atoms with E-state index in [1.807, 2.05) is 0 Å². The van der Waals surface area contributed by atoms with Crippen LogP contribution < -0.4 is 16.4 Å². The Balaban J connectivity index is 2.14. The van der Waals surface area contributed by atoms with Crippen molar-refractivity contribution in [2.75, 3.05) is 6.54 Å². The zero-order valence-corrected chi connectivity index (χ0v) is 9.91. The fourth-order valence-electron chi connectivity index (χ4n) is 1.86. The van der Waals surface area contributed by atoms with Crippen LogP contribution in [0.1, 0.15) is 39.0 Å². The number of rotatable bonds is 4. The SMILES string of the molecule is CC(O)C(N)CNC(=O)NC1CCCCC1. The molecule has 5 nitrogen and oxygen atoms in total. The summed E-state index contributed by atoms with van der Waals surface area (Å²) in [6, 6.07) is -0.281. The van der Waals surface area contributed by atoms with Crippen molar-refractivity contribution in [1.82, 2.24) is 10.6 Å². The van der Waals surface area contributed by atoms with Crippen LogP contribution in [0.25, 0.3) is 0 Å². The van der Waals surface area contributed by atoms with Crippen molar-refractivity contribution in [2.24, 2.45) is 5.73 Å². The van der Waals surface area contributed by atoms with Crippen molar-refractivity contribution in [2.45, 2.75) is 57.2 Å². The quantitative estimate of drug-likeness (QED) is 0.560. The van der Waals surface area contributed by atoms with Crippen LogP contribution in [0.3, 0.4) is 0 Å². The minimum atomic E-state index is -0.602. The van der Waals surface area contributed by atoms with E-state index < -0.39 is 12.1 Å². The van der Waals surface area contributed by atoms with Crippen molar-refractivity contribution < 1.29 is 9.90 Å². The molecule has 94 valence electrons. The summed E-state index contributed by atoms with van der Waals surface area (Å²) in [5.74, 6) is 0. The molecule has 2 atom stereocenters. The van der Waals surface area contributed by atoms with Crippen LogP contribution in [0, 0.1) is 0 Å². The summed E-state index contributed by atoms with van der Waals surface area (Å²) in [5.41, 5.74) is 5.61. The van der Waals surface area contributed by atoms with Gasteiger partial charge in [0.25, 0.3) is 0 Å². The van der Waals surface area contributed by atoms with Gasteiger partial charge >= 0.3 is 6.03 Å². The molecule has 1 rings (SSSR count). The van der Waals surface area contributed by atoms with Crippen LogP contribution in [0.5, 0.6) is 0 Å². The highest BCUT2D eigenvalue weighted by Gasteiger charge is 2.16. The number of nitrogens with one attached hydrogen (secondary N) is 2. The predicted molar refractivity (Wildman–Crippen MR) is 63.1 cm³/mol. The third kappa shape index (κ3) is 4.81. The monoisotopic (exact) mass is 229 g/mol. The second kappa shape index (κ2) is 6.70. The smallest absolute Gasteiger partial charge is 0.315 e. The molecule has 1 aliphatic rings. The van der Waals surface area contributed by atoms with Crippen molar-refractivity contribution >= 4 is 6.03 Å². The molecular weight excluding hydrogens is 206 g/mol. The fraction of sp³-hybridized carbons (Fsp3) is 0.909. The molecule has 0 spiro atoms. The number of aliphatic hydroxyl groups excluding tert-OH is 1. The number of carbonyl (C=O) groups is 1. The molecule has 0 radical (unpaired) electrons. The van der Waals surface area contributed by atoms with E-state index in [9.17, 15) is 4.79 Å². The Hall–Kier alpha value is -0.810. The number of amides is 2. The van der Waals surface area contributed by atoms with E-state index in [-0.39, 0.29) is 6.03 Å². The van der Waals surface area contributed by atoms with Gasteiger partial charge in [-0.25, -0.2) is 4.79 Å². The van der Waals surface area contributed by atoms with Gasteiger partial charge in [-0.15, -0.1) is 0 Å². The largest absolute Gasteiger partial charge is 0.392 e. The third-order valence-electron chi connectivity index (χ3n) is 3.06. The summed E-state index contributed by atoms with van der Waals surface area (Å²) >= 11 is 0. The molecule has 5 N–H and O–H groups in total. The Morgan fingerprint density at radius 1 is 1.44 bits per heavy atom. The van der Waals surface area contributed by atoms with Crippen LogP contribution in [0.15, 0.2) is 0 Å². The third-order valence-corrected chi connectivity index (χ3v) is 3.06. The zero-order valence-electron chi connectivity index (χ0n) is 9.91. The number of aliphatic hydroxyl groups is 1. The molecule has 0 aromatic heterocycles. The Kier molecular flexibility index (Phi) is 5.55. The number of urea groups is 1. The highest BCUT2D eigenvalue weighted by molar-refractivity contribution is 5.74. The molecule has 0 bridgehead atoms. The Bertz CT molecular complexity index is 215. The Labute approximate surface area is 96.8 Å². The Morgan fingerprint density at radius 2 is 2.06 bits per heavy atom. The van der Waals surface area contributed by atoms with Gasteiger partial charge in [0, 0.05) is 18.6 Å². The van der Waals surface area contributed by atoms with Gasteiger partial charge in [0.2, 0.25) is 0 Å². The van der Waals surface area contributed by atoms with Crippen LogP contribution in [0.2, 0.25) is 0 Å². The summed E-state index contributed by atoms with van der Waals surface area (Å²) in [5, 5.41) is 14.8. The summed E-state index contributed by atoms with van der Waals surface area (Å²) in [7, 11) is 0. The highest BCUT2D eigenvalue weighted by atomic mass is 16.3. The first-order valence-electron chi connectivity index (χ1n) is 6.07. The second-order valence-electron chi connectivity index (χ2n) is 4.59. The molecule has 2 unspecified atom stereocenters. The first kappa shape index (κ1) is 13.3. The molecule has 16 heavy (non-hydrogen) atoms. The fourth-order valence-corrected chi connectivity index (χ4v) is 1.86. The molecule has 2 amide bonds. The van der Waals surface area contributed by atoms with Gasteiger partial charge in [-0.1, -0.05) is 19.3 Å². The summed E-state index contributed by atoms with van der Waals surface area (Å²) < 4.78 is 0. The van der Waals surface area contributed by atoms with Crippen LogP contribution >= 0.6 is 0 Å². The van der Waals surface area contributed by atoms with Gasteiger partial charge in [0.1, 0.15) is 0 Å². The van der Waals surface area contributed by atoms with E-state index in [1.165, 1.54) is 19.3 Å². The van der Waals surface area contributed by atoms with Crippen molar-refractivity contribution in [3.8, 4) is 0 Å². The lowest BCUT2D eigenvalue weighted by atomic mass is 9.96. The Morgan fingerprint density at radius 3 is 2.62 bits per heavy atom. The van der Waals surface area contributed by atoms with E-state index in [2.05, 4.69) is 10.6 Å². The van der Waals surface area contributed by atoms with E-state index in [0.717, 1.165) is 12.8 Å². The topological polar surface area (TPSA) is 87.4 Å². The molecule has 0 aliphatic heterocycles.